The average Bonchev–Trinajstić information content (AvgIpc) is 2.82. The second-order valence-corrected chi connectivity index (χ2v) is 4.88. The highest BCUT2D eigenvalue weighted by Gasteiger charge is 2.46. The molecule has 0 aromatic carbocycles. The fraction of sp³-hybridized carbons (Fsp3) is 0.308. The molecule has 0 bridgehead atoms. The Morgan fingerprint density at radius 3 is 2.43 bits per heavy atom. The number of hydrogen-bond donors (Lipinski definition) is 0. The first-order valence-electron chi connectivity index (χ1n) is 5.97. The number of fused-ring (bicyclic) bond motifs is 1. The number of hydrogen-bond acceptors (Lipinski definition) is 1. The number of rotatable bonds is 1. The van der Waals surface area contributed by atoms with Gasteiger partial charge in [-0.05, 0) is 17.7 Å². The molecule has 0 unspecified atom stereocenters. The Kier molecular flexibility index (Phi) is 2.83. The molecule has 0 atom stereocenters. The second kappa shape index (κ2) is 4.25. The molecule has 1 aliphatic rings. The maximum Gasteiger partial charge on any atom is 0.418 e. The van der Waals surface area contributed by atoms with Gasteiger partial charge in [-0.3, -0.25) is 0 Å². The lowest BCUT2D eigenvalue weighted by atomic mass is 10.1. The molecular formula is C13H8F6N2. The summed E-state index contributed by atoms with van der Waals surface area (Å²) in [6, 6.07) is 2.15. The average molecular weight is 306 g/mol. The lowest BCUT2D eigenvalue weighted by Crippen LogP contribution is -2.18. The van der Waals surface area contributed by atoms with E-state index in [4.69, 9.17) is 0 Å². The minimum Gasteiger partial charge on any atom is -0.318 e. The normalized spacial score (nSPS) is 17.0. The summed E-state index contributed by atoms with van der Waals surface area (Å²) in [6.45, 7) is 0. The van der Waals surface area contributed by atoms with E-state index in [0.29, 0.717) is 0 Å². The summed E-state index contributed by atoms with van der Waals surface area (Å²) in [4.78, 5) is 3.33. The predicted octanol–water partition coefficient (Wildman–Crippen LogP) is 3.76. The largest absolute Gasteiger partial charge is 0.418 e. The number of nitrogens with zero attached hydrogens (tertiary/aromatic N) is 2. The molecule has 2 aromatic heterocycles. The fourth-order valence-corrected chi connectivity index (χ4v) is 2.53. The summed E-state index contributed by atoms with van der Waals surface area (Å²) in [5.41, 5.74) is -1.49. The van der Waals surface area contributed by atoms with Gasteiger partial charge in [0.05, 0.1) is 23.9 Å². The van der Waals surface area contributed by atoms with Crippen molar-refractivity contribution in [1.29, 1.82) is 0 Å². The molecule has 0 radical (unpaired) electrons. The van der Waals surface area contributed by atoms with Crippen LogP contribution in [0, 0.1) is 5.95 Å². The maximum atomic E-state index is 13.4. The van der Waals surface area contributed by atoms with Crippen LogP contribution in [0.1, 0.15) is 16.8 Å². The minimum atomic E-state index is -4.72. The summed E-state index contributed by atoms with van der Waals surface area (Å²) in [7, 11) is 0. The van der Waals surface area contributed by atoms with Crippen LogP contribution in [0.25, 0.3) is 5.69 Å². The fourth-order valence-electron chi connectivity index (χ4n) is 2.53. The van der Waals surface area contributed by atoms with Crippen molar-refractivity contribution in [2.24, 2.45) is 0 Å². The zero-order valence-electron chi connectivity index (χ0n) is 10.4. The topological polar surface area (TPSA) is 17.8 Å². The molecular weight excluding hydrogens is 298 g/mol. The van der Waals surface area contributed by atoms with Crippen LogP contribution in [-0.2, 0) is 19.0 Å². The second-order valence-electron chi connectivity index (χ2n) is 4.88. The van der Waals surface area contributed by atoms with Crippen molar-refractivity contribution < 1.29 is 26.3 Å². The van der Waals surface area contributed by atoms with Gasteiger partial charge in [0, 0.05) is 18.3 Å². The van der Waals surface area contributed by atoms with E-state index in [-0.39, 0.29) is 11.4 Å². The van der Waals surface area contributed by atoms with E-state index in [1.54, 1.807) is 0 Å². The van der Waals surface area contributed by atoms with Crippen LogP contribution in [0.3, 0.4) is 0 Å². The predicted molar refractivity (Wildman–Crippen MR) is 60.9 cm³/mol. The minimum absolute atomic E-state index is 0.110. The van der Waals surface area contributed by atoms with Gasteiger partial charge in [0.15, 0.2) is 0 Å². The van der Waals surface area contributed by atoms with Crippen molar-refractivity contribution in [1.82, 2.24) is 9.55 Å². The molecule has 0 spiro atoms. The molecule has 21 heavy (non-hydrogen) atoms. The number of alkyl halides is 5. The zero-order chi connectivity index (χ0) is 15.4. The van der Waals surface area contributed by atoms with Gasteiger partial charge in [-0.2, -0.15) is 17.6 Å². The van der Waals surface area contributed by atoms with Crippen LogP contribution in [0.15, 0.2) is 24.5 Å². The highest BCUT2D eigenvalue weighted by molar-refractivity contribution is 5.46. The van der Waals surface area contributed by atoms with Gasteiger partial charge in [-0.15, -0.1) is 0 Å². The third kappa shape index (κ3) is 2.38. The van der Waals surface area contributed by atoms with Gasteiger partial charge < -0.3 is 4.57 Å². The Balaban J connectivity index is 2.17. The standard InChI is InChI=1S/C13H8F6N2/c14-11-2-1-7(5-20-11)21-6-9(13(17,18)19)8-3-12(15,16)4-10(8)21/h1-2,5-6H,3-4H2. The molecule has 8 heteroatoms. The third-order valence-electron chi connectivity index (χ3n) is 3.38. The van der Waals surface area contributed by atoms with E-state index in [1.807, 2.05) is 0 Å². The smallest absolute Gasteiger partial charge is 0.318 e. The number of halogens is 6. The molecule has 2 heterocycles. The van der Waals surface area contributed by atoms with E-state index in [9.17, 15) is 26.3 Å². The van der Waals surface area contributed by atoms with Gasteiger partial charge in [0.2, 0.25) is 5.95 Å². The zero-order valence-corrected chi connectivity index (χ0v) is 10.4. The van der Waals surface area contributed by atoms with Crippen molar-refractivity contribution in [2.45, 2.75) is 24.9 Å². The molecule has 0 amide bonds. The molecule has 1 aliphatic carbocycles. The van der Waals surface area contributed by atoms with E-state index in [1.165, 1.54) is 6.07 Å². The first-order chi connectivity index (χ1) is 9.67. The van der Waals surface area contributed by atoms with Crippen molar-refractivity contribution in [3.05, 3.63) is 47.3 Å². The van der Waals surface area contributed by atoms with Crippen molar-refractivity contribution in [3.63, 3.8) is 0 Å². The Labute approximate surface area is 115 Å². The molecule has 0 fully saturated rings. The summed E-state index contributed by atoms with van der Waals surface area (Å²) >= 11 is 0. The van der Waals surface area contributed by atoms with Gasteiger partial charge >= 0.3 is 6.18 Å². The summed E-state index contributed by atoms with van der Waals surface area (Å²) in [6.07, 6.45) is -4.68. The summed E-state index contributed by atoms with van der Waals surface area (Å²) in [5, 5.41) is 0. The first kappa shape index (κ1) is 14.0. The monoisotopic (exact) mass is 306 g/mol. The first-order valence-corrected chi connectivity index (χ1v) is 5.97. The quantitative estimate of drug-likeness (QED) is 0.579. The molecule has 3 rings (SSSR count). The molecule has 0 saturated heterocycles. The van der Waals surface area contributed by atoms with Crippen LogP contribution in [0.4, 0.5) is 26.3 Å². The molecule has 112 valence electrons. The van der Waals surface area contributed by atoms with Crippen molar-refractivity contribution in [2.75, 3.05) is 0 Å². The Bertz CT molecular complexity index is 684. The highest BCUT2D eigenvalue weighted by atomic mass is 19.4. The highest BCUT2D eigenvalue weighted by Crippen LogP contribution is 2.43. The third-order valence-corrected chi connectivity index (χ3v) is 3.38. The molecule has 2 aromatic rings. The van der Waals surface area contributed by atoms with Gasteiger partial charge in [0.25, 0.3) is 5.92 Å². The number of aromatic nitrogens is 2. The molecule has 0 aliphatic heterocycles. The van der Waals surface area contributed by atoms with E-state index >= 15 is 0 Å². The van der Waals surface area contributed by atoms with Crippen LogP contribution in [-0.4, -0.2) is 15.5 Å². The summed E-state index contributed by atoms with van der Waals surface area (Å²) in [5.74, 6) is -4.01. The van der Waals surface area contributed by atoms with Crippen LogP contribution >= 0.6 is 0 Å². The van der Waals surface area contributed by atoms with Gasteiger partial charge in [-0.1, -0.05) is 0 Å². The van der Waals surface area contributed by atoms with E-state index in [2.05, 4.69) is 4.98 Å². The molecule has 0 N–H and O–H groups in total. The van der Waals surface area contributed by atoms with E-state index < -0.39 is 42.0 Å². The van der Waals surface area contributed by atoms with Gasteiger partial charge in [0.1, 0.15) is 0 Å². The van der Waals surface area contributed by atoms with Gasteiger partial charge in [-0.25, -0.2) is 13.8 Å². The van der Waals surface area contributed by atoms with Crippen LogP contribution in [0.2, 0.25) is 0 Å². The Morgan fingerprint density at radius 2 is 1.86 bits per heavy atom. The maximum absolute atomic E-state index is 13.4. The molecule has 0 saturated carbocycles. The van der Waals surface area contributed by atoms with Crippen molar-refractivity contribution in [3.8, 4) is 5.69 Å². The lowest BCUT2D eigenvalue weighted by Gasteiger charge is -2.11. The Hall–Kier alpha value is -1.99. The molecule has 2 nitrogen and oxygen atoms in total. The SMILES string of the molecule is Fc1ccc(-n2cc(C(F)(F)F)c3c2CC(F)(F)C3)cn1. The Morgan fingerprint density at radius 1 is 1.14 bits per heavy atom. The lowest BCUT2D eigenvalue weighted by molar-refractivity contribution is -0.138. The number of pyridine rings is 1. The van der Waals surface area contributed by atoms with Crippen LogP contribution in [0.5, 0.6) is 0 Å². The summed E-state index contributed by atoms with van der Waals surface area (Å²) < 4.78 is 79.5. The van der Waals surface area contributed by atoms with E-state index in [0.717, 1.165) is 23.0 Å². The van der Waals surface area contributed by atoms with Crippen LogP contribution < -0.4 is 0 Å². The van der Waals surface area contributed by atoms with Crippen molar-refractivity contribution >= 4 is 0 Å².